The number of imidazole rings is 1. The van der Waals surface area contributed by atoms with E-state index in [-0.39, 0.29) is 6.10 Å². The number of pyridine rings is 3. The number of likely N-dealkylation sites (tertiary alicyclic amines) is 1. The maximum atomic E-state index is 6.11. The summed E-state index contributed by atoms with van der Waals surface area (Å²) in [6.07, 6.45) is 7.25. The summed E-state index contributed by atoms with van der Waals surface area (Å²) >= 11 is 0. The van der Waals surface area contributed by atoms with Gasteiger partial charge in [-0.2, -0.15) is 5.10 Å². The highest BCUT2D eigenvalue weighted by molar-refractivity contribution is 5.71. The predicted octanol–water partition coefficient (Wildman–Crippen LogP) is 4.53. The van der Waals surface area contributed by atoms with Crippen LogP contribution >= 0.6 is 0 Å². The molecule has 0 saturated carbocycles. The summed E-state index contributed by atoms with van der Waals surface area (Å²) in [6.45, 7) is 7.03. The summed E-state index contributed by atoms with van der Waals surface area (Å²) in [5.74, 6) is 2.18. The Morgan fingerprint density at radius 3 is 2.72 bits per heavy atom. The summed E-state index contributed by atoms with van der Waals surface area (Å²) < 4.78 is 16.0. The van der Waals surface area contributed by atoms with Crippen molar-refractivity contribution in [2.45, 2.75) is 57.9 Å². The van der Waals surface area contributed by atoms with Gasteiger partial charge in [-0.25, -0.2) is 19.5 Å². The van der Waals surface area contributed by atoms with Crippen LogP contribution in [0.5, 0.6) is 5.88 Å². The average Bonchev–Trinajstić information content (AvgIpc) is 3.55. The van der Waals surface area contributed by atoms with Crippen LogP contribution in [-0.4, -0.2) is 59.8 Å². The lowest BCUT2D eigenvalue weighted by Crippen LogP contribution is -2.35. The molecule has 0 aromatic carbocycles. The molecule has 0 bridgehead atoms. The fourth-order valence-corrected chi connectivity index (χ4v) is 5.70. The van der Waals surface area contributed by atoms with Gasteiger partial charge in [0, 0.05) is 47.9 Å². The van der Waals surface area contributed by atoms with Gasteiger partial charge in [-0.1, -0.05) is 12.1 Å². The Morgan fingerprint density at radius 1 is 0.974 bits per heavy atom. The van der Waals surface area contributed by atoms with Crippen molar-refractivity contribution in [1.82, 2.24) is 34.0 Å². The zero-order valence-electron chi connectivity index (χ0n) is 22.2. The molecular weight excluding hydrogens is 490 g/mol. The number of aromatic nitrogens is 6. The van der Waals surface area contributed by atoms with E-state index in [1.807, 2.05) is 41.9 Å². The summed E-state index contributed by atoms with van der Waals surface area (Å²) in [4.78, 5) is 17.2. The number of hydrogen-bond acceptors (Lipinski definition) is 7. The Hall–Kier alpha value is -3.82. The first-order valence-corrected chi connectivity index (χ1v) is 13.9. The first-order valence-electron chi connectivity index (χ1n) is 13.9. The van der Waals surface area contributed by atoms with Crippen molar-refractivity contribution in [3.8, 4) is 5.88 Å². The maximum Gasteiger partial charge on any atom is 0.213 e. The molecule has 9 nitrogen and oxygen atoms in total. The molecule has 0 amide bonds. The van der Waals surface area contributed by atoms with Gasteiger partial charge in [0.2, 0.25) is 5.88 Å². The molecule has 1 atom stereocenters. The summed E-state index contributed by atoms with van der Waals surface area (Å²) in [5, 5.41) is 4.31. The van der Waals surface area contributed by atoms with Crippen LogP contribution in [0.2, 0.25) is 0 Å². The van der Waals surface area contributed by atoms with Crippen molar-refractivity contribution < 1.29 is 9.47 Å². The topological polar surface area (TPSA) is 82.6 Å². The molecule has 0 N–H and O–H groups in total. The monoisotopic (exact) mass is 523 g/mol. The van der Waals surface area contributed by atoms with Gasteiger partial charge in [0.05, 0.1) is 24.7 Å². The molecule has 5 aromatic rings. The van der Waals surface area contributed by atoms with E-state index >= 15 is 0 Å². The lowest BCUT2D eigenvalue weighted by Gasteiger charge is -2.32. The number of fused-ring (bicyclic) bond motifs is 2. The second-order valence-electron chi connectivity index (χ2n) is 10.6. The van der Waals surface area contributed by atoms with E-state index in [1.165, 1.54) is 0 Å². The van der Waals surface area contributed by atoms with E-state index in [2.05, 4.69) is 38.8 Å². The van der Waals surface area contributed by atoms with E-state index in [9.17, 15) is 0 Å². The summed E-state index contributed by atoms with van der Waals surface area (Å²) in [5.41, 5.74) is 6.22. The van der Waals surface area contributed by atoms with Gasteiger partial charge >= 0.3 is 0 Å². The normalized spacial score (nSPS) is 18.5. The molecule has 2 fully saturated rings. The van der Waals surface area contributed by atoms with Crippen LogP contribution in [0.1, 0.15) is 48.0 Å². The first kappa shape index (κ1) is 24.2. The number of ether oxygens (including phenoxy) is 2. The molecule has 5 aromatic heterocycles. The van der Waals surface area contributed by atoms with Crippen LogP contribution in [0.15, 0.2) is 60.9 Å². The highest BCUT2D eigenvalue weighted by atomic mass is 16.5. The Balaban J connectivity index is 1.00. The van der Waals surface area contributed by atoms with E-state index in [0.29, 0.717) is 18.4 Å². The molecule has 39 heavy (non-hydrogen) atoms. The number of rotatable bonds is 8. The van der Waals surface area contributed by atoms with Crippen LogP contribution in [0, 0.1) is 6.92 Å². The van der Waals surface area contributed by atoms with Gasteiger partial charge in [-0.05, 0) is 69.6 Å². The van der Waals surface area contributed by atoms with Crippen molar-refractivity contribution >= 4 is 16.7 Å². The molecule has 1 unspecified atom stereocenters. The molecular formula is C30H33N7O2. The Morgan fingerprint density at radius 2 is 1.87 bits per heavy atom. The summed E-state index contributed by atoms with van der Waals surface area (Å²) in [6, 6.07) is 16.3. The molecule has 2 saturated heterocycles. The second kappa shape index (κ2) is 10.4. The van der Waals surface area contributed by atoms with Gasteiger partial charge in [-0.15, -0.1) is 0 Å². The highest BCUT2D eigenvalue weighted by Crippen LogP contribution is 2.29. The Bertz CT molecular complexity index is 1600. The van der Waals surface area contributed by atoms with Crippen LogP contribution in [0.25, 0.3) is 16.7 Å². The molecule has 0 spiro atoms. The van der Waals surface area contributed by atoms with E-state index in [4.69, 9.17) is 24.4 Å². The number of aryl methyl sites for hydroxylation is 1. The lowest BCUT2D eigenvalue weighted by molar-refractivity contribution is -0.0593. The number of hydrogen-bond donors (Lipinski definition) is 0. The summed E-state index contributed by atoms with van der Waals surface area (Å²) in [7, 11) is 0. The van der Waals surface area contributed by atoms with Crippen molar-refractivity contribution in [2.24, 2.45) is 0 Å². The largest absolute Gasteiger partial charge is 0.473 e. The molecule has 9 heteroatoms. The van der Waals surface area contributed by atoms with Gasteiger partial charge in [0.15, 0.2) is 5.65 Å². The molecule has 0 radical (unpaired) electrons. The van der Waals surface area contributed by atoms with Crippen molar-refractivity contribution in [1.29, 1.82) is 0 Å². The molecule has 7 rings (SSSR count). The van der Waals surface area contributed by atoms with E-state index < -0.39 is 0 Å². The van der Waals surface area contributed by atoms with Gasteiger partial charge in [-0.3, -0.25) is 4.90 Å². The Kier molecular flexibility index (Phi) is 6.46. The molecule has 7 heterocycles. The van der Waals surface area contributed by atoms with E-state index in [1.54, 1.807) is 6.20 Å². The Labute approximate surface area is 227 Å². The SMILES string of the molecule is Cc1ccc2nc(CN3CCC(c4cccc(OCc5cccn6nccc56)n4)CC3)n(CC3CCO3)c2n1. The molecule has 200 valence electrons. The average molecular weight is 524 g/mol. The number of piperidine rings is 1. The van der Waals surface area contributed by atoms with Gasteiger partial charge in [0.25, 0.3) is 0 Å². The van der Waals surface area contributed by atoms with Crippen molar-refractivity contribution in [3.05, 3.63) is 83.7 Å². The fourth-order valence-electron chi connectivity index (χ4n) is 5.70. The van der Waals surface area contributed by atoms with Crippen molar-refractivity contribution in [3.63, 3.8) is 0 Å². The smallest absolute Gasteiger partial charge is 0.213 e. The standard InChI is InChI=1S/C30H33N7O2/c1-21-7-8-26-30(32-21)36(18-24-12-17-38-24)28(33-26)19-35-15-10-22(11-16-35)25-5-2-6-29(34-25)39-20-23-4-3-14-37-27(23)9-13-31-37/h2-9,13-14,22,24H,10-12,15-20H2,1H3. The molecule has 2 aliphatic rings. The van der Waals surface area contributed by atoms with Crippen LogP contribution in [0.4, 0.5) is 0 Å². The van der Waals surface area contributed by atoms with Crippen molar-refractivity contribution in [2.75, 3.05) is 19.7 Å². The maximum absolute atomic E-state index is 6.11. The molecule has 2 aliphatic heterocycles. The fraction of sp³-hybridized carbons (Fsp3) is 0.400. The highest BCUT2D eigenvalue weighted by Gasteiger charge is 2.26. The van der Waals surface area contributed by atoms with E-state index in [0.717, 1.165) is 91.5 Å². The third kappa shape index (κ3) is 4.99. The minimum absolute atomic E-state index is 0.266. The third-order valence-corrected chi connectivity index (χ3v) is 8.01. The molecule has 0 aliphatic carbocycles. The van der Waals surface area contributed by atoms with Crippen LogP contribution < -0.4 is 4.74 Å². The van der Waals surface area contributed by atoms with Crippen LogP contribution in [-0.2, 0) is 24.4 Å². The quantitative estimate of drug-likeness (QED) is 0.296. The third-order valence-electron chi connectivity index (χ3n) is 8.01. The minimum atomic E-state index is 0.266. The second-order valence-corrected chi connectivity index (χ2v) is 10.6. The lowest BCUT2D eigenvalue weighted by atomic mass is 9.93. The first-order chi connectivity index (χ1) is 19.2. The minimum Gasteiger partial charge on any atom is -0.473 e. The predicted molar refractivity (Wildman–Crippen MR) is 148 cm³/mol. The zero-order valence-corrected chi connectivity index (χ0v) is 22.2. The van der Waals surface area contributed by atoms with Gasteiger partial charge in [0.1, 0.15) is 17.9 Å². The zero-order chi connectivity index (χ0) is 26.2. The van der Waals surface area contributed by atoms with Gasteiger partial charge < -0.3 is 14.0 Å². The number of nitrogens with zero attached hydrogens (tertiary/aromatic N) is 7. The van der Waals surface area contributed by atoms with Crippen LogP contribution in [0.3, 0.4) is 0 Å².